The summed E-state index contributed by atoms with van der Waals surface area (Å²) < 4.78 is 20.7. The molecule has 0 rings (SSSR count). The minimum Gasteiger partial charge on any atom is -0.465 e. The molecule has 0 saturated heterocycles. The number of carboxylic acid groups (broad SMARTS) is 1. The fourth-order valence-electron chi connectivity index (χ4n) is 0. The van der Waals surface area contributed by atoms with Crippen LogP contribution >= 0.6 is 15.6 Å². The van der Waals surface area contributed by atoms with Crippen LogP contribution in [-0.2, 0) is 13.8 Å². The summed E-state index contributed by atoms with van der Waals surface area (Å²) in [7, 11) is -9.23. The third-order valence-corrected chi connectivity index (χ3v) is 0.319. The van der Waals surface area contributed by atoms with Gasteiger partial charge in [-0.25, -0.2) is 19.2 Å². The van der Waals surface area contributed by atoms with E-state index in [4.69, 9.17) is 44.2 Å². The minimum absolute atomic E-state index is 0. The topological polar surface area (TPSA) is 260 Å². The standard InChI is InChI=1S/CH3NO2.H3O5P.H3O4P.H2O/c2-1(3)4;1-5-6(2,3)4;1-5(2,3)4;/h2H2,(H,3,4);1H,(H2,2,3,4);(H3,1,2,3,4);1H2. The molecule has 0 bridgehead atoms. The summed E-state index contributed by atoms with van der Waals surface area (Å²) in [5, 5.41) is 14.3. The van der Waals surface area contributed by atoms with E-state index in [9.17, 15) is 4.57 Å². The maximum Gasteiger partial charge on any atom is 0.496 e. The Morgan fingerprint density at radius 1 is 1.06 bits per heavy atom. The van der Waals surface area contributed by atoms with Crippen LogP contribution in [0.2, 0.25) is 0 Å². The molecule has 15 heteroatoms. The molecule has 0 aliphatic heterocycles. The fourth-order valence-corrected chi connectivity index (χ4v) is 0. The van der Waals surface area contributed by atoms with E-state index in [0.717, 1.165) is 0 Å². The van der Waals surface area contributed by atoms with Gasteiger partial charge in [-0.3, -0.25) is 0 Å². The summed E-state index contributed by atoms with van der Waals surface area (Å²) in [6.45, 7) is 0. The van der Waals surface area contributed by atoms with Crippen LogP contribution in [0.1, 0.15) is 0 Å². The number of hydrogen-bond donors (Lipinski definition) is 8. The molecule has 0 saturated carbocycles. The Labute approximate surface area is 87.4 Å². The van der Waals surface area contributed by atoms with Crippen molar-refractivity contribution in [3.05, 3.63) is 0 Å². The molecule has 0 aromatic heterocycles. The van der Waals surface area contributed by atoms with Gasteiger partial charge in [-0.15, -0.1) is 4.67 Å². The van der Waals surface area contributed by atoms with Crippen molar-refractivity contribution in [2.45, 2.75) is 0 Å². The smallest absolute Gasteiger partial charge is 0.465 e. The molecule has 0 aromatic carbocycles. The second kappa shape index (κ2) is 10.9. The average Bonchev–Trinajstić information content (AvgIpc) is 1.80. The molecule has 16 heavy (non-hydrogen) atoms. The molecule has 102 valence electrons. The third kappa shape index (κ3) is 356. The zero-order valence-corrected chi connectivity index (χ0v) is 9.02. The Kier molecular flexibility index (Phi) is 16.8. The number of nitrogens with two attached hydrogens (primary N) is 1. The zero-order valence-electron chi connectivity index (χ0n) is 7.24. The maximum absolute atomic E-state index is 9.22. The van der Waals surface area contributed by atoms with E-state index in [0.29, 0.717) is 0 Å². The summed E-state index contributed by atoms with van der Waals surface area (Å²) in [5.41, 5.74) is 4.03. The van der Waals surface area contributed by atoms with Gasteiger partial charge in [-0.1, -0.05) is 0 Å². The van der Waals surface area contributed by atoms with Crippen LogP contribution in [0.15, 0.2) is 0 Å². The number of hydrogen-bond acceptors (Lipinski definition) is 5. The second-order valence-electron chi connectivity index (χ2n) is 1.42. The van der Waals surface area contributed by atoms with Crippen molar-refractivity contribution in [2.24, 2.45) is 5.73 Å². The molecule has 0 heterocycles. The van der Waals surface area contributed by atoms with Crippen LogP contribution in [0.25, 0.3) is 0 Å². The second-order valence-corrected chi connectivity index (χ2v) is 3.59. The van der Waals surface area contributed by atoms with Crippen molar-refractivity contribution in [2.75, 3.05) is 0 Å². The zero-order chi connectivity index (χ0) is 13.3. The van der Waals surface area contributed by atoms with E-state index in [-0.39, 0.29) is 5.48 Å². The van der Waals surface area contributed by atoms with Gasteiger partial charge in [0, 0.05) is 0 Å². The third-order valence-electron chi connectivity index (χ3n) is 0.106. The lowest BCUT2D eigenvalue weighted by molar-refractivity contribution is -0.158. The van der Waals surface area contributed by atoms with Crippen molar-refractivity contribution in [3.8, 4) is 0 Å². The molecule has 0 fully saturated rings. The highest BCUT2D eigenvalue weighted by atomic mass is 31.2. The van der Waals surface area contributed by atoms with Crippen molar-refractivity contribution < 1.29 is 58.9 Å². The van der Waals surface area contributed by atoms with Gasteiger partial charge in [-0.2, -0.15) is 0 Å². The first-order valence-electron chi connectivity index (χ1n) is 2.45. The molecular weight excluding hydrogens is 280 g/mol. The van der Waals surface area contributed by atoms with Crippen LogP contribution in [0, 0.1) is 0 Å². The Bertz CT molecular complexity index is 235. The lowest BCUT2D eigenvalue weighted by Gasteiger charge is -1.90. The highest BCUT2D eigenvalue weighted by molar-refractivity contribution is 7.46. The summed E-state index contributed by atoms with van der Waals surface area (Å²) in [5.74, 6) is 0. The Morgan fingerprint density at radius 2 is 1.12 bits per heavy atom. The molecule has 0 aliphatic rings. The van der Waals surface area contributed by atoms with Gasteiger partial charge in [0.2, 0.25) is 0 Å². The number of rotatable bonds is 1. The van der Waals surface area contributed by atoms with E-state index in [1.54, 1.807) is 0 Å². The van der Waals surface area contributed by atoms with Gasteiger partial charge in [-0.05, 0) is 0 Å². The van der Waals surface area contributed by atoms with Crippen molar-refractivity contribution in [3.63, 3.8) is 0 Å². The van der Waals surface area contributed by atoms with Crippen molar-refractivity contribution >= 4 is 21.7 Å². The molecular formula is CH11NO12P2. The number of phosphoric acid groups is 2. The Hall–Kier alpha value is -0.590. The van der Waals surface area contributed by atoms with E-state index in [1.807, 2.05) is 0 Å². The maximum atomic E-state index is 9.22. The van der Waals surface area contributed by atoms with Gasteiger partial charge in [0.25, 0.3) is 0 Å². The largest absolute Gasteiger partial charge is 0.496 e. The van der Waals surface area contributed by atoms with Gasteiger partial charge in [0.05, 0.1) is 0 Å². The van der Waals surface area contributed by atoms with E-state index >= 15 is 0 Å². The molecule has 0 spiro atoms. The van der Waals surface area contributed by atoms with Crippen LogP contribution in [0.3, 0.4) is 0 Å². The van der Waals surface area contributed by atoms with Crippen molar-refractivity contribution in [1.82, 2.24) is 0 Å². The van der Waals surface area contributed by atoms with E-state index in [2.05, 4.69) is 10.4 Å². The molecule has 11 N–H and O–H groups in total. The fraction of sp³-hybridized carbons (Fsp3) is 0. The molecule has 0 aromatic rings. The van der Waals surface area contributed by atoms with Crippen LogP contribution < -0.4 is 5.73 Å². The predicted octanol–water partition coefficient (Wildman–Crippen LogP) is -2.56. The molecule has 1 amide bonds. The molecule has 0 radical (unpaired) electrons. The first kappa shape index (κ1) is 24.6. The van der Waals surface area contributed by atoms with E-state index < -0.39 is 21.7 Å². The van der Waals surface area contributed by atoms with Crippen LogP contribution in [0.4, 0.5) is 4.79 Å². The summed E-state index contributed by atoms with van der Waals surface area (Å²) in [4.78, 5) is 45.3. The lowest BCUT2D eigenvalue weighted by Crippen LogP contribution is -2.03. The van der Waals surface area contributed by atoms with E-state index in [1.165, 1.54) is 0 Å². The average molecular weight is 291 g/mol. The molecule has 0 aliphatic carbocycles. The summed E-state index contributed by atoms with van der Waals surface area (Å²) >= 11 is 0. The number of primary amides is 1. The quantitative estimate of drug-likeness (QED) is 0.141. The minimum atomic E-state index is -4.64. The van der Waals surface area contributed by atoms with Crippen LogP contribution in [-0.4, -0.2) is 46.4 Å². The number of carbonyl (C=O) groups is 1. The van der Waals surface area contributed by atoms with Gasteiger partial charge >= 0.3 is 21.7 Å². The normalized spacial score (nSPS) is 9.62. The van der Waals surface area contributed by atoms with Gasteiger partial charge in [0.15, 0.2) is 0 Å². The summed E-state index contributed by atoms with van der Waals surface area (Å²) in [6, 6.07) is 0. The highest BCUT2D eigenvalue weighted by Gasteiger charge is 2.10. The Morgan fingerprint density at radius 3 is 1.12 bits per heavy atom. The molecule has 0 atom stereocenters. The predicted molar refractivity (Wildman–Crippen MR) is 45.8 cm³/mol. The van der Waals surface area contributed by atoms with Crippen molar-refractivity contribution in [1.29, 1.82) is 0 Å². The van der Waals surface area contributed by atoms with Gasteiger partial charge in [0.1, 0.15) is 0 Å². The number of amides is 1. The van der Waals surface area contributed by atoms with Gasteiger partial charge < -0.3 is 40.8 Å². The van der Waals surface area contributed by atoms with Crippen LogP contribution in [0.5, 0.6) is 0 Å². The first-order chi connectivity index (χ1) is 6.29. The molecule has 0 unspecified atom stereocenters. The lowest BCUT2D eigenvalue weighted by atomic mass is 11.3. The summed E-state index contributed by atoms with van der Waals surface area (Å²) in [6.07, 6.45) is -1.33. The SMILES string of the molecule is NC(=O)O.O.O=P(O)(O)O.O=P(O)(O)OO. The first-order valence-corrected chi connectivity index (χ1v) is 5.54. The molecule has 13 nitrogen and oxygen atoms in total. The Balaban J connectivity index is -0.0000000668. The monoisotopic (exact) mass is 291 g/mol. The highest BCUT2D eigenvalue weighted by Crippen LogP contribution is 2.33.